The lowest BCUT2D eigenvalue weighted by molar-refractivity contribution is -0.132. The number of nitrogens with zero attached hydrogens (tertiary/aromatic N) is 3. The zero-order valence-electron chi connectivity index (χ0n) is 17.9. The summed E-state index contributed by atoms with van der Waals surface area (Å²) in [5.74, 6) is 0.261. The molecule has 0 bridgehead atoms. The van der Waals surface area contributed by atoms with Crippen LogP contribution >= 0.6 is 0 Å². The summed E-state index contributed by atoms with van der Waals surface area (Å²) in [4.78, 5) is 42.6. The fourth-order valence-electron chi connectivity index (χ4n) is 3.70. The second kappa shape index (κ2) is 10.7. The van der Waals surface area contributed by atoms with E-state index in [9.17, 15) is 14.4 Å². The van der Waals surface area contributed by atoms with Gasteiger partial charge in [0.2, 0.25) is 11.8 Å². The van der Waals surface area contributed by atoms with Gasteiger partial charge >= 0.3 is 6.09 Å². The highest BCUT2D eigenvalue weighted by atomic mass is 16.6. The Kier molecular flexibility index (Phi) is 8.58. The maximum atomic E-state index is 12.5. The number of carbonyl (C=O) groups is 3. The molecule has 2 aliphatic rings. The van der Waals surface area contributed by atoms with Crippen molar-refractivity contribution in [1.29, 1.82) is 0 Å². The van der Waals surface area contributed by atoms with Crippen LogP contribution in [0.5, 0.6) is 0 Å². The van der Waals surface area contributed by atoms with E-state index in [0.717, 1.165) is 32.4 Å². The largest absolute Gasteiger partial charge is 0.444 e. The minimum atomic E-state index is -0.515. The topological polar surface area (TPSA) is 70.2 Å². The Balaban J connectivity index is 1.71. The van der Waals surface area contributed by atoms with E-state index in [1.165, 1.54) is 12.8 Å². The van der Waals surface area contributed by atoms with Gasteiger partial charge in [-0.15, -0.1) is 0 Å². The van der Waals surface area contributed by atoms with Crippen molar-refractivity contribution in [1.82, 2.24) is 14.7 Å². The fraction of sp³-hybridized carbons (Fsp3) is 0.857. The first-order valence-electron chi connectivity index (χ1n) is 10.8. The summed E-state index contributed by atoms with van der Waals surface area (Å²) >= 11 is 0. The standard InChI is InChI=1S/C21H37N3O4/c1-21(2,3)28-20(27)24-15-9-14-23(16-17-24)19(26)11-8-10-18(25)22-12-6-4-5-7-13-22/h4-17H2,1-3H3. The van der Waals surface area contributed by atoms with Crippen LogP contribution in [0.25, 0.3) is 0 Å². The zero-order chi connectivity index (χ0) is 20.6. The Morgan fingerprint density at radius 2 is 1.14 bits per heavy atom. The molecule has 0 spiro atoms. The molecule has 2 fully saturated rings. The quantitative estimate of drug-likeness (QED) is 0.734. The van der Waals surface area contributed by atoms with Crippen LogP contribution in [0.2, 0.25) is 0 Å². The van der Waals surface area contributed by atoms with Crippen molar-refractivity contribution in [3.8, 4) is 0 Å². The predicted molar refractivity (Wildman–Crippen MR) is 108 cm³/mol. The van der Waals surface area contributed by atoms with Gasteiger partial charge < -0.3 is 19.4 Å². The monoisotopic (exact) mass is 395 g/mol. The van der Waals surface area contributed by atoms with E-state index in [0.29, 0.717) is 45.4 Å². The molecular formula is C21H37N3O4. The van der Waals surface area contributed by atoms with Crippen LogP contribution in [-0.4, -0.2) is 77.5 Å². The highest BCUT2D eigenvalue weighted by Gasteiger charge is 2.26. The molecule has 160 valence electrons. The third-order valence-electron chi connectivity index (χ3n) is 5.24. The molecule has 2 aliphatic heterocycles. The van der Waals surface area contributed by atoms with Crippen molar-refractivity contribution in [2.45, 2.75) is 77.7 Å². The Morgan fingerprint density at radius 1 is 0.679 bits per heavy atom. The Labute approximate surface area is 169 Å². The van der Waals surface area contributed by atoms with Crippen molar-refractivity contribution >= 4 is 17.9 Å². The Bertz CT molecular complexity index is 536. The summed E-state index contributed by atoms with van der Waals surface area (Å²) in [6.07, 6.45) is 6.46. The fourth-order valence-corrected chi connectivity index (χ4v) is 3.70. The lowest BCUT2D eigenvalue weighted by Gasteiger charge is -2.26. The molecule has 2 rings (SSSR count). The molecule has 0 aromatic heterocycles. The van der Waals surface area contributed by atoms with Crippen molar-refractivity contribution in [3.05, 3.63) is 0 Å². The van der Waals surface area contributed by atoms with E-state index < -0.39 is 5.60 Å². The van der Waals surface area contributed by atoms with E-state index in [2.05, 4.69) is 0 Å². The summed E-state index contributed by atoms with van der Waals surface area (Å²) in [5, 5.41) is 0. The first-order valence-corrected chi connectivity index (χ1v) is 10.8. The lowest BCUT2D eigenvalue weighted by atomic mass is 10.2. The van der Waals surface area contributed by atoms with Crippen molar-refractivity contribution < 1.29 is 19.1 Å². The van der Waals surface area contributed by atoms with Crippen molar-refractivity contribution in [2.75, 3.05) is 39.3 Å². The normalized spacial score (nSPS) is 19.0. The SMILES string of the molecule is CC(C)(C)OC(=O)N1CCCN(C(=O)CCCC(=O)N2CCCCCC2)CC1. The van der Waals surface area contributed by atoms with Gasteiger partial charge in [-0.2, -0.15) is 0 Å². The Hall–Kier alpha value is -1.79. The average molecular weight is 396 g/mol. The number of hydrogen-bond acceptors (Lipinski definition) is 4. The van der Waals surface area contributed by atoms with Crippen molar-refractivity contribution in [3.63, 3.8) is 0 Å². The van der Waals surface area contributed by atoms with Gasteiger partial charge in [0.15, 0.2) is 0 Å². The molecule has 28 heavy (non-hydrogen) atoms. The Morgan fingerprint density at radius 3 is 1.71 bits per heavy atom. The third-order valence-corrected chi connectivity index (χ3v) is 5.24. The number of rotatable bonds is 4. The molecule has 2 heterocycles. The summed E-state index contributed by atoms with van der Waals surface area (Å²) < 4.78 is 5.43. The molecule has 0 N–H and O–H groups in total. The smallest absolute Gasteiger partial charge is 0.410 e. The molecule has 0 aliphatic carbocycles. The van der Waals surface area contributed by atoms with Crippen LogP contribution in [0.1, 0.15) is 72.1 Å². The number of ether oxygens (including phenoxy) is 1. The maximum Gasteiger partial charge on any atom is 0.410 e. The first-order chi connectivity index (χ1) is 13.3. The second-order valence-corrected chi connectivity index (χ2v) is 8.85. The van der Waals surface area contributed by atoms with Crippen molar-refractivity contribution in [2.24, 2.45) is 0 Å². The molecule has 7 nitrogen and oxygen atoms in total. The van der Waals surface area contributed by atoms with E-state index in [1.54, 1.807) is 4.90 Å². The lowest BCUT2D eigenvalue weighted by Crippen LogP contribution is -2.40. The van der Waals surface area contributed by atoms with Gasteiger partial charge in [0.1, 0.15) is 5.60 Å². The van der Waals surface area contributed by atoms with Gasteiger partial charge in [-0.3, -0.25) is 9.59 Å². The summed E-state index contributed by atoms with van der Waals surface area (Å²) in [6, 6.07) is 0. The molecule has 0 radical (unpaired) electrons. The number of amides is 3. The van der Waals surface area contributed by atoms with Crippen LogP contribution in [-0.2, 0) is 14.3 Å². The van der Waals surface area contributed by atoms with E-state index in [4.69, 9.17) is 4.74 Å². The molecule has 0 atom stereocenters. The molecule has 0 aromatic carbocycles. The van der Waals surface area contributed by atoms with Gasteiger partial charge in [0.05, 0.1) is 0 Å². The van der Waals surface area contributed by atoms with E-state index >= 15 is 0 Å². The summed E-state index contributed by atoms with van der Waals surface area (Å²) in [7, 11) is 0. The molecule has 2 saturated heterocycles. The minimum Gasteiger partial charge on any atom is -0.444 e. The van der Waals surface area contributed by atoms with E-state index in [-0.39, 0.29) is 17.9 Å². The maximum absolute atomic E-state index is 12.5. The van der Waals surface area contributed by atoms with Gasteiger partial charge in [-0.1, -0.05) is 12.8 Å². The van der Waals surface area contributed by atoms with Gasteiger partial charge in [0.25, 0.3) is 0 Å². The molecule has 0 saturated carbocycles. The predicted octanol–water partition coefficient (Wildman–Crippen LogP) is 3.03. The average Bonchev–Trinajstić information content (AvgIpc) is 3.03. The number of hydrogen-bond donors (Lipinski definition) is 0. The van der Waals surface area contributed by atoms with Crippen LogP contribution in [0, 0.1) is 0 Å². The van der Waals surface area contributed by atoms with Crippen LogP contribution < -0.4 is 0 Å². The highest BCUT2D eigenvalue weighted by Crippen LogP contribution is 2.14. The molecule has 7 heteroatoms. The highest BCUT2D eigenvalue weighted by molar-refractivity contribution is 5.79. The number of likely N-dealkylation sites (tertiary alicyclic amines) is 1. The van der Waals surface area contributed by atoms with Crippen LogP contribution in [0.3, 0.4) is 0 Å². The zero-order valence-corrected chi connectivity index (χ0v) is 17.9. The van der Waals surface area contributed by atoms with Crippen LogP contribution in [0.4, 0.5) is 4.79 Å². The summed E-state index contributed by atoms with van der Waals surface area (Å²) in [6.45, 7) is 9.55. The minimum absolute atomic E-state index is 0.0784. The molecule has 3 amide bonds. The van der Waals surface area contributed by atoms with Gasteiger partial charge in [-0.25, -0.2) is 4.79 Å². The molecule has 0 aromatic rings. The summed E-state index contributed by atoms with van der Waals surface area (Å²) in [5.41, 5.74) is -0.515. The molecular weight excluding hydrogens is 358 g/mol. The van der Waals surface area contributed by atoms with E-state index in [1.807, 2.05) is 30.6 Å². The van der Waals surface area contributed by atoms with Gasteiger partial charge in [0, 0.05) is 52.1 Å². The molecule has 0 unspecified atom stereocenters. The first kappa shape index (κ1) is 22.5. The third kappa shape index (κ3) is 7.68. The number of carbonyl (C=O) groups excluding carboxylic acids is 3. The van der Waals surface area contributed by atoms with Gasteiger partial charge in [-0.05, 0) is 46.5 Å². The second-order valence-electron chi connectivity index (χ2n) is 8.85. The van der Waals surface area contributed by atoms with Crippen LogP contribution in [0.15, 0.2) is 0 Å².